The molecule has 0 aromatic carbocycles. The first-order chi connectivity index (χ1) is 11.5. The zero-order valence-corrected chi connectivity index (χ0v) is 13.8. The van der Waals surface area contributed by atoms with Gasteiger partial charge in [0.1, 0.15) is 0 Å². The Morgan fingerprint density at radius 2 is 2.04 bits per heavy atom. The van der Waals surface area contributed by atoms with Crippen LogP contribution >= 0.6 is 0 Å². The molecule has 10 nitrogen and oxygen atoms in total. The Morgan fingerprint density at radius 1 is 1.29 bits per heavy atom. The lowest BCUT2D eigenvalue weighted by molar-refractivity contribution is 0.246. The van der Waals surface area contributed by atoms with Gasteiger partial charge in [0.05, 0.1) is 19.4 Å². The van der Waals surface area contributed by atoms with Crippen LogP contribution in [0.4, 0.5) is 0 Å². The van der Waals surface area contributed by atoms with E-state index in [1.807, 2.05) is 0 Å². The normalized spacial score (nSPS) is 11.7. The molecule has 0 atom stereocenters. The standard InChI is InChI=1S/C14H19N7O3/c1-4-20(5-2)7-10-16-9(18-24-10)6-21-8-15-12-11(21)13(22)17-14(23)19(12)3/h8H,4-7H2,1-3H3,(H,17,22,23). The first-order valence-electron chi connectivity index (χ1n) is 7.71. The smallest absolute Gasteiger partial charge is 0.329 e. The SMILES string of the molecule is CCN(CC)Cc1nc(Cn2cnc3c2c(=O)[nH]c(=O)n3C)no1. The minimum absolute atomic E-state index is 0.236. The number of imidazole rings is 1. The molecule has 0 bridgehead atoms. The molecule has 3 rings (SSSR count). The summed E-state index contributed by atoms with van der Waals surface area (Å²) in [7, 11) is 1.55. The molecule has 3 heterocycles. The highest BCUT2D eigenvalue weighted by atomic mass is 16.5. The maximum absolute atomic E-state index is 12.1. The van der Waals surface area contributed by atoms with Crippen LogP contribution in [-0.2, 0) is 20.1 Å². The van der Waals surface area contributed by atoms with Crippen LogP contribution in [0.1, 0.15) is 25.6 Å². The topological polar surface area (TPSA) is 115 Å². The van der Waals surface area contributed by atoms with Crippen LogP contribution in [0.15, 0.2) is 20.4 Å². The van der Waals surface area contributed by atoms with Gasteiger partial charge in [0.25, 0.3) is 5.56 Å². The number of nitrogens with one attached hydrogen (secondary N) is 1. The number of aromatic amines is 1. The fourth-order valence-electron chi connectivity index (χ4n) is 2.51. The Kier molecular flexibility index (Phi) is 4.30. The predicted molar refractivity (Wildman–Crippen MR) is 85.6 cm³/mol. The third-order valence-electron chi connectivity index (χ3n) is 3.95. The summed E-state index contributed by atoms with van der Waals surface area (Å²) in [5.41, 5.74) is -0.376. The first kappa shape index (κ1) is 16.1. The monoisotopic (exact) mass is 333 g/mol. The number of hydrogen-bond acceptors (Lipinski definition) is 7. The van der Waals surface area contributed by atoms with Crippen LogP contribution in [-0.4, -0.2) is 47.2 Å². The van der Waals surface area contributed by atoms with Crippen molar-refractivity contribution >= 4 is 11.2 Å². The number of aryl methyl sites for hydroxylation is 1. The van der Waals surface area contributed by atoms with Crippen molar-refractivity contribution in [2.45, 2.75) is 26.9 Å². The highest BCUT2D eigenvalue weighted by molar-refractivity contribution is 5.69. The molecule has 0 spiro atoms. The van der Waals surface area contributed by atoms with E-state index in [0.29, 0.717) is 29.4 Å². The zero-order chi connectivity index (χ0) is 17.3. The lowest BCUT2D eigenvalue weighted by Crippen LogP contribution is -2.29. The summed E-state index contributed by atoms with van der Waals surface area (Å²) in [6.45, 7) is 6.73. The Labute approximate surface area is 136 Å². The number of nitrogens with zero attached hydrogens (tertiary/aromatic N) is 6. The van der Waals surface area contributed by atoms with Gasteiger partial charge in [-0.05, 0) is 13.1 Å². The molecule has 128 valence electrons. The maximum atomic E-state index is 12.1. The van der Waals surface area contributed by atoms with Crippen molar-refractivity contribution < 1.29 is 4.52 Å². The average molecular weight is 333 g/mol. The first-order valence-corrected chi connectivity index (χ1v) is 7.71. The molecule has 10 heteroatoms. The van der Waals surface area contributed by atoms with Crippen LogP contribution in [0.5, 0.6) is 0 Å². The van der Waals surface area contributed by atoms with Gasteiger partial charge in [-0.3, -0.25) is 19.2 Å². The molecule has 0 unspecified atom stereocenters. The highest BCUT2D eigenvalue weighted by Gasteiger charge is 2.15. The van der Waals surface area contributed by atoms with E-state index >= 15 is 0 Å². The fraction of sp³-hybridized carbons (Fsp3) is 0.500. The molecule has 24 heavy (non-hydrogen) atoms. The second-order valence-electron chi connectivity index (χ2n) is 5.43. The quantitative estimate of drug-likeness (QED) is 0.658. The van der Waals surface area contributed by atoms with Gasteiger partial charge < -0.3 is 9.09 Å². The second kappa shape index (κ2) is 6.40. The number of H-pyrrole nitrogens is 1. The van der Waals surface area contributed by atoms with Crippen LogP contribution < -0.4 is 11.2 Å². The van der Waals surface area contributed by atoms with Crippen molar-refractivity contribution in [2.75, 3.05) is 13.1 Å². The lowest BCUT2D eigenvalue weighted by Gasteiger charge is -2.14. The van der Waals surface area contributed by atoms with Crippen molar-refractivity contribution in [3.05, 3.63) is 38.9 Å². The van der Waals surface area contributed by atoms with E-state index in [0.717, 1.165) is 13.1 Å². The summed E-state index contributed by atoms with van der Waals surface area (Å²) in [6.07, 6.45) is 1.49. The minimum atomic E-state index is -0.501. The molecule has 3 aromatic heterocycles. The molecule has 0 aliphatic heterocycles. The van der Waals surface area contributed by atoms with E-state index < -0.39 is 11.2 Å². The number of aromatic nitrogens is 6. The molecule has 0 saturated heterocycles. The molecule has 0 aliphatic carbocycles. The van der Waals surface area contributed by atoms with E-state index in [4.69, 9.17) is 4.52 Å². The van der Waals surface area contributed by atoms with Crippen LogP contribution in [0, 0.1) is 0 Å². The fourth-order valence-corrected chi connectivity index (χ4v) is 2.51. The van der Waals surface area contributed by atoms with Crippen molar-refractivity contribution in [2.24, 2.45) is 7.05 Å². The number of rotatable bonds is 6. The van der Waals surface area contributed by atoms with Gasteiger partial charge in [0, 0.05) is 7.05 Å². The van der Waals surface area contributed by atoms with Crippen molar-refractivity contribution in [1.82, 2.24) is 34.1 Å². The van der Waals surface area contributed by atoms with E-state index in [9.17, 15) is 9.59 Å². The van der Waals surface area contributed by atoms with E-state index in [2.05, 4.69) is 38.9 Å². The van der Waals surface area contributed by atoms with E-state index in [1.165, 1.54) is 10.9 Å². The van der Waals surface area contributed by atoms with Crippen LogP contribution in [0.25, 0.3) is 11.2 Å². The molecule has 3 aromatic rings. The van der Waals surface area contributed by atoms with Crippen molar-refractivity contribution in [3.63, 3.8) is 0 Å². The Balaban J connectivity index is 1.89. The Bertz CT molecular complexity index is 961. The Hall–Kier alpha value is -2.75. The summed E-state index contributed by atoms with van der Waals surface area (Å²) in [4.78, 5) is 36.5. The average Bonchev–Trinajstić information content (AvgIpc) is 3.18. The van der Waals surface area contributed by atoms with E-state index in [-0.39, 0.29) is 6.54 Å². The van der Waals surface area contributed by atoms with Gasteiger partial charge in [-0.1, -0.05) is 19.0 Å². The van der Waals surface area contributed by atoms with Crippen LogP contribution in [0.3, 0.4) is 0 Å². The summed E-state index contributed by atoms with van der Waals surface area (Å²) in [5, 5.41) is 3.95. The van der Waals surface area contributed by atoms with Gasteiger partial charge in [-0.25, -0.2) is 9.78 Å². The summed E-state index contributed by atoms with van der Waals surface area (Å²) in [6, 6.07) is 0. The molecule has 0 aliphatic rings. The molecule has 0 radical (unpaired) electrons. The zero-order valence-electron chi connectivity index (χ0n) is 13.8. The maximum Gasteiger partial charge on any atom is 0.329 e. The van der Waals surface area contributed by atoms with Crippen LogP contribution in [0.2, 0.25) is 0 Å². The number of hydrogen-bond donors (Lipinski definition) is 1. The third-order valence-corrected chi connectivity index (χ3v) is 3.95. The summed E-state index contributed by atoms with van der Waals surface area (Å²) < 4.78 is 8.14. The third kappa shape index (κ3) is 2.87. The molecular formula is C14H19N7O3. The van der Waals surface area contributed by atoms with Gasteiger partial charge in [-0.2, -0.15) is 4.98 Å². The second-order valence-corrected chi connectivity index (χ2v) is 5.43. The molecule has 1 N–H and O–H groups in total. The van der Waals surface area contributed by atoms with Gasteiger partial charge >= 0.3 is 5.69 Å². The predicted octanol–water partition coefficient (Wildman–Crippen LogP) is -0.304. The van der Waals surface area contributed by atoms with Gasteiger partial charge in [0.15, 0.2) is 17.0 Å². The van der Waals surface area contributed by atoms with Crippen molar-refractivity contribution in [1.29, 1.82) is 0 Å². The summed E-state index contributed by atoms with van der Waals surface area (Å²) in [5.74, 6) is 0.976. The molecule has 0 saturated carbocycles. The number of fused-ring (bicyclic) bond motifs is 1. The highest BCUT2D eigenvalue weighted by Crippen LogP contribution is 2.08. The Morgan fingerprint density at radius 3 is 2.75 bits per heavy atom. The van der Waals surface area contributed by atoms with E-state index in [1.54, 1.807) is 11.6 Å². The summed E-state index contributed by atoms with van der Waals surface area (Å²) >= 11 is 0. The molecule has 0 fully saturated rings. The molecular weight excluding hydrogens is 314 g/mol. The van der Waals surface area contributed by atoms with Crippen molar-refractivity contribution in [3.8, 4) is 0 Å². The lowest BCUT2D eigenvalue weighted by atomic mass is 10.4. The molecule has 0 amide bonds. The van der Waals surface area contributed by atoms with Gasteiger partial charge in [0.2, 0.25) is 5.89 Å². The van der Waals surface area contributed by atoms with Gasteiger partial charge in [-0.15, -0.1) is 0 Å². The minimum Gasteiger partial charge on any atom is -0.338 e. The largest absolute Gasteiger partial charge is 0.338 e.